The standard InChI is InChI=1S/C36H38N6O8/c1-40-21-24(17-28(40)34(44)39-23-7-8-29-22(15-23)16-32(50-29)36(46)41-10-13-48-14-11-41)38-33(43)6-4-12-49-31-19-27-26(18-30(31)47-2)35(45)42-9-3-5-25(42)20-37-27/h7-8,15-21,25H,3-6,9-14H2,1-2H3,(H,38,43)(H,39,44)/t25-/m0/s1. The molecule has 14 nitrogen and oxygen atoms in total. The van der Waals surface area contributed by atoms with Crippen LogP contribution in [0.1, 0.15) is 57.1 Å². The zero-order chi connectivity index (χ0) is 34.8. The van der Waals surface area contributed by atoms with E-state index in [4.69, 9.17) is 18.6 Å². The first-order chi connectivity index (χ1) is 24.3. The molecule has 3 aliphatic heterocycles. The van der Waals surface area contributed by atoms with E-state index in [1.807, 2.05) is 11.1 Å². The van der Waals surface area contributed by atoms with Crippen LogP contribution in [-0.4, -0.2) is 96.8 Å². The number of nitrogens with zero attached hydrogens (tertiary/aromatic N) is 4. The number of methoxy groups -OCH3 is 1. The van der Waals surface area contributed by atoms with Gasteiger partial charge in [0.2, 0.25) is 5.91 Å². The molecule has 2 saturated heterocycles. The summed E-state index contributed by atoms with van der Waals surface area (Å²) in [5, 5.41) is 6.41. The van der Waals surface area contributed by atoms with Gasteiger partial charge in [-0.05, 0) is 55.7 Å². The van der Waals surface area contributed by atoms with Crippen LogP contribution in [0.25, 0.3) is 11.0 Å². The lowest BCUT2D eigenvalue weighted by Crippen LogP contribution is -2.40. The molecule has 5 heterocycles. The average Bonchev–Trinajstić information content (AvgIpc) is 3.85. The molecule has 2 aromatic carbocycles. The fourth-order valence-corrected chi connectivity index (χ4v) is 6.46. The number of amides is 4. The van der Waals surface area contributed by atoms with Crippen LogP contribution < -0.4 is 20.1 Å². The van der Waals surface area contributed by atoms with Crippen LogP contribution in [0.2, 0.25) is 0 Å². The van der Waals surface area contributed by atoms with Crippen LogP contribution in [0.3, 0.4) is 0 Å². The van der Waals surface area contributed by atoms with Crippen LogP contribution in [0.5, 0.6) is 11.5 Å². The third kappa shape index (κ3) is 6.79. The zero-order valence-corrected chi connectivity index (χ0v) is 27.9. The van der Waals surface area contributed by atoms with Crippen molar-refractivity contribution >= 4 is 57.9 Å². The molecule has 50 heavy (non-hydrogen) atoms. The van der Waals surface area contributed by atoms with E-state index in [0.29, 0.717) is 90.1 Å². The number of ether oxygens (including phenoxy) is 3. The number of anilines is 2. The largest absolute Gasteiger partial charge is 0.493 e. The summed E-state index contributed by atoms with van der Waals surface area (Å²) in [7, 11) is 3.24. The Labute approximate surface area is 287 Å². The molecule has 0 radical (unpaired) electrons. The average molecular weight is 683 g/mol. The molecule has 14 heteroatoms. The summed E-state index contributed by atoms with van der Waals surface area (Å²) < 4.78 is 24.2. The molecule has 260 valence electrons. The summed E-state index contributed by atoms with van der Waals surface area (Å²) in [5.41, 5.74) is 2.92. The molecule has 4 aromatic rings. The van der Waals surface area contributed by atoms with E-state index in [1.165, 1.54) is 7.11 Å². The molecule has 0 unspecified atom stereocenters. The molecule has 3 aliphatic rings. The Kier molecular flexibility index (Phi) is 9.26. The van der Waals surface area contributed by atoms with Gasteiger partial charge in [-0.2, -0.15) is 0 Å². The quantitative estimate of drug-likeness (QED) is 0.230. The summed E-state index contributed by atoms with van der Waals surface area (Å²) >= 11 is 0. The normalized spacial score (nSPS) is 16.9. The van der Waals surface area contributed by atoms with Crippen molar-refractivity contribution in [2.24, 2.45) is 12.0 Å². The number of hydrogen-bond acceptors (Lipinski definition) is 9. The van der Waals surface area contributed by atoms with Gasteiger partial charge in [-0.15, -0.1) is 0 Å². The van der Waals surface area contributed by atoms with Crippen molar-refractivity contribution in [3.8, 4) is 11.5 Å². The van der Waals surface area contributed by atoms with Crippen molar-refractivity contribution < 1.29 is 37.8 Å². The van der Waals surface area contributed by atoms with Crippen LogP contribution >= 0.6 is 0 Å². The smallest absolute Gasteiger partial charge is 0.289 e. The van der Waals surface area contributed by atoms with E-state index in [0.717, 1.165) is 12.8 Å². The third-order valence-electron chi connectivity index (χ3n) is 9.07. The van der Waals surface area contributed by atoms with Gasteiger partial charge in [0.15, 0.2) is 17.3 Å². The monoisotopic (exact) mass is 682 g/mol. The lowest BCUT2D eigenvalue weighted by Gasteiger charge is -2.25. The number of carbonyl (C=O) groups is 4. The van der Waals surface area contributed by atoms with Crippen molar-refractivity contribution in [1.29, 1.82) is 0 Å². The maximum Gasteiger partial charge on any atom is 0.289 e. The lowest BCUT2D eigenvalue weighted by molar-refractivity contribution is -0.116. The van der Waals surface area contributed by atoms with Crippen molar-refractivity contribution in [1.82, 2.24) is 14.4 Å². The van der Waals surface area contributed by atoms with E-state index in [9.17, 15) is 19.2 Å². The molecular weight excluding hydrogens is 644 g/mol. The highest BCUT2D eigenvalue weighted by Gasteiger charge is 2.32. The highest BCUT2D eigenvalue weighted by atomic mass is 16.5. The molecular formula is C36H38N6O8. The summed E-state index contributed by atoms with van der Waals surface area (Å²) in [6.45, 7) is 2.96. The minimum Gasteiger partial charge on any atom is -0.493 e. The number of nitrogens with one attached hydrogen (secondary N) is 2. The van der Waals surface area contributed by atoms with Gasteiger partial charge in [-0.3, -0.25) is 24.2 Å². The van der Waals surface area contributed by atoms with Gasteiger partial charge in [-0.1, -0.05) is 0 Å². The Hall–Kier alpha value is -5.63. The molecule has 2 aromatic heterocycles. The first kappa shape index (κ1) is 32.9. The molecule has 2 N–H and O–H groups in total. The number of furan rings is 1. The van der Waals surface area contributed by atoms with E-state index in [1.54, 1.807) is 65.2 Å². The Bertz CT molecular complexity index is 1990. The van der Waals surface area contributed by atoms with Crippen molar-refractivity contribution in [3.05, 3.63) is 65.7 Å². The summed E-state index contributed by atoms with van der Waals surface area (Å²) in [4.78, 5) is 59.9. The number of aromatic nitrogens is 1. The third-order valence-corrected chi connectivity index (χ3v) is 9.07. The number of hydrogen-bond donors (Lipinski definition) is 2. The van der Waals surface area contributed by atoms with Crippen molar-refractivity contribution in [3.63, 3.8) is 0 Å². The molecule has 7 rings (SSSR count). The van der Waals surface area contributed by atoms with E-state index >= 15 is 0 Å². The Balaban J connectivity index is 0.917. The Morgan fingerprint density at radius 2 is 1.84 bits per heavy atom. The zero-order valence-electron chi connectivity index (χ0n) is 27.9. The van der Waals surface area contributed by atoms with Gasteiger partial charge in [0.25, 0.3) is 17.7 Å². The molecule has 2 fully saturated rings. The number of benzene rings is 2. The molecule has 1 atom stereocenters. The van der Waals surface area contributed by atoms with Gasteiger partial charge in [0.1, 0.15) is 11.3 Å². The number of carbonyl (C=O) groups excluding carboxylic acids is 4. The maximum atomic E-state index is 13.2. The Morgan fingerprint density at radius 3 is 2.66 bits per heavy atom. The Morgan fingerprint density at radius 1 is 1.00 bits per heavy atom. The number of morpholine rings is 1. The highest BCUT2D eigenvalue weighted by Crippen LogP contribution is 2.38. The van der Waals surface area contributed by atoms with E-state index in [-0.39, 0.29) is 48.5 Å². The summed E-state index contributed by atoms with van der Waals surface area (Å²) in [6.07, 6.45) is 5.94. The number of fused-ring (bicyclic) bond motifs is 3. The topological polar surface area (TPSA) is 157 Å². The van der Waals surface area contributed by atoms with Crippen molar-refractivity contribution in [2.75, 3.05) is 57.2 Å². The number of aryl methyl sites for hydroxylation is 1. The van der Waals surface area contributed by atoms with Crippen LogP contribution in [-0.2, 0) is 16.6 Å². The van der Waals surface area contributed by atoms with E-state index < -0.39 is 0 Å². The van der Waals surface area contributed by atoms with Crippen LogP contribution in [0, 0.1) is 0 Å². The molecule has 4 amide bonds. The van der Waals surface area contributed by atoms with Gasteiger partial charge >= 0.3 is 0 Å². The van der Waals surface area contributed by atoms with Gasteiger partial charge in [0.05, 0.1) is 49.9 Å². The molecule has 0 spiro atoms. The molecule has 0 aliphatic carbocycles. The predicted octanol–water partition coefficient (Wildman–Crippen LogP) is 4.62. The first-order valence-corrected chi connectivity index (χ1v) is 16.7. The maximum absolute atomic E-state index is 13.2. The highest BCUT2D eigenvalue weighted by molar-refractivity contribution is 6.06. The minimum atomic E-state index is -0.366. The first-order valence-electron chi connectivity index (χ1n) is 16.7. The van der Waals surface area contributed by atoms with Crippen molar-refractivity contribution in [2.45, 2.75) is 31.7 Å². The summed E-state index contributed by atoms with van der Waals surface area (Å²) in [6, 6.07) is 11.8. The lowest BCUT2D eigenvalue weighted by atomic mass is 10.1. The fourth-order valence-electron chi connectivity index (χ4n) is 6.46. The number of rotatable bonds is 10. The van der Waals surface area contributed by atoms with Gasteiger partial charge in [-0.25, -0.2) is 0 Å². The minimum absolute atomic E-state index is 0.00495. The molecule has 0 bridgehead atoms. The van der Waals surface area contributed by atoms with Gasteiger partial charge in [0, 0.05) is 62.7 Å². The summed E-state index contributed by atoms with van der Waals surface area (Å²) in [5.74, 6) is 0.260. The second-order valence-electron chi connectivity index (χ2n) is 12.5. The SMILES string of the molecule is COc1cc2c(cc1OCCCC(=O)Nc1cc(C(=O)Nc3ccc4oc(C(=O)N5CCOCC5)cc4c3)n(C)c1)N=C[C@@H]1CCCN1C2=O. The van der Waals surface area contributed by atoms with Crippen LogP contribution in [0.15, 0.2) is 58.1 Å². The van der Waals surface area contributed by atoms with Crippen LogP contribution in [0.4, 0.5) is 17.1 Å². The predicted molar refractivity (Wildman–Crippen MR) is 185 cm³/mol. The fraction of sp³-hybridized carbons (Fsp3) is 0.361. The number of aliphatic imine (C=N–C) groups is 1. The molecule has 0 saturated carbocycles. The van der Waals surface area contributed by atoms with E-state index in [2.05, 4.69) is 15.6 Å². The second-order valence-corrected chi connectivity index (χ2v) is 12.5. The van der Waals surface area contributed by atoms with Gasteiger partial charge < -0.3 is 43.6 Å². The second kappa shape index (κ2) is 14.1.